The third kappa shape index (κ3) is 6.42. The molecule has 17 heavy (non-hydrogen) atoms. The van der Waals surface area contributed by atoms with Gasteiger partial charge < -0.3 is 19.7 Å². The minimum absolute atomic E-state index is 0. The molecule has 1 heterocycles. The summed E-state index contributed by atoms with van der Waals surface area (Å²) in [6.45, 7) is 4.24. The standard InChI is InChI=1S/C11H23N3O2.HI/c1-12-11(13-5-7-15-3)14(2)8-10-4-6-16-9-10;/h10H,4-9H2,1-3H3,(H,12,13);1H. The van der Waals surface area contributed by atoms with Gasteiger partial charge in [0, 0.05) is 46.8 Å². The van der Waals surface area contributed by atoms with E-state index >= 15 is 0 Å². The average Bonchev–Trinajstić information content (AvgIpc) is 2.77. The Balaban J connectivity index is 0.00000256. The fraction of sp³-hybridized carbons (Fsp3) is 0.909. The van der Waals surface area contributed by atoms with Gasteiger partial charge in [-0.3, -0.25) is 4.99 Å². The summed E-state index contributed by atoms with van der Waals surface area (Å²) in [6, 6.07) is 0. The zero-order chi connectivity index (χ0) is 11.8. The molecule has 0 aromatic rings. The van der Waals surface area contributed by atoms with Crippen LogP contribution in [0, 0.1) is 5.92 Å². The van der Waals surface area contributed by atoms with E-state index in [0.29, 0.717) is 12.5 Å². The summed E-state index contributed by atoms with van der Waals surface area (Å²) in [7, 11) is 5.56. The highest BCUT2D eigenvalue weighted by Gasteiger charge is 2.18. The molecule has 1 fully saturated rings. The third-order valence-corrected chi connectivity index (χ3v) is 2.72. The smallest absolute Gasteiger partial charge is 0.193 e. The molecular formula is C11H24IN3O2. The predicted molar refractivity (Wildman–Crippen MR) is 80.2 cm³/mol. The summed E-state index contributed by atoms with van der Waals surface area (Å²) < 4.78 is 10.4. The monoisotopic (exact) mass is 357 g/mol. The van der Waals surface area contributed by atoms with Crippen molar-refractivity contribution in [2.45, 2.75) is 6.42 Å². The zero-order valence-corrected chi connectivity index (χ0v) is 13.3. The van der Waals surface area contributed by atoms with Gasteiger partial charge in [-0.15, -0.1) is 24.0 Å². The second-order valence-electron chi connectivity index (χ2n) is 4.08. The molecule has 0 saturated carbocycles. The molecule has 1 atom stereocenters. The normalized spacial score (nSPS) is 19.9. The van der Waals surface area contributed by atoms with Gasteiger partial charge in [-0.1, -0.05) is 0 Å². The Labute approximate surface area is 121 Å². The minimum atomic E-state index is 0. The molecule has 1 aliphatic heterocycles. The molecule has 1 unspecified atom stereocenters. The van der Waals surface area contributed by atoms with Gasteiger partial charge in [-0.05, 0) is 6.42 Å². The van der Waals surface area contributed by atoms with Crippen LogP contribution in [0.3, 0.4) is 0 Å². The van der Waals surface area contributed by atoms with Gasteiger partial charge in [0.2, 0.25) is 0 Å². The van der Waals surface area contributed by atoms with Crippen LogP contribution in [0.25, 0.3) is 0 Å². The van der Waals surface area contributed by atoms with Gasteiger partial charge in [0.15, 0.2) is 5.96 Å². The summed E-state index contributed by atoms with van der Waals surface area (Å²) in [5, 5.41) is 3.25. The van der Waals surface area contributed by atoms with E-state index in [0.717, 1.165) is 38.7 Å². The van der Waals surface area contributed by atoms with Crippen LogP contribution in [-0.2, 0) is 9.47 Å². The Hall–Kier alpha value is -0.0800. The molecule has 1 saturated heterocycles. The first-order valence-electron chi connectivity index (χ1n) is 5.76. The summed E-state index contributed by atoms with van der Waals surface area (Å²) in [5.74, 6) is 1.55. The van der Waals surface area contributed by atoms with Crippen molar-refractivity contribution in [3.8, 4) is 0 Å². The van der Waals surface area contributed by atoms with E-state index in [9.17, 15) is 0 Å². The van der Waals surface area contributed by atoms with Crippen LogP contribution in [-0.4, -0.2) is 65.0 Å². The zero-order valence-electron chi connectivity index (χ0n) is 10.9. The minimum Gasteiger partial charge on any atom is -0.383 e. The number of hydrogen-bond donors (Lipinski definition) is 1. The summed E-state index contributed by atoms with van der Waals surface area (Å²) in [6.07, 6.45) is 1.15. The maximum atomic E-state index is 5.36. The lowest BCUT2D eigenvalue weighted by atomic mass is 10.1. The summed E-state index contributed by atoms with van der Waals surface area (Å²) in [5.41, 5.74) is 0. The number of nitrogens with one attached hydrogen (secondary N) is 1. The Morgan fingerprint density at radius 1 is 1.59 bits per heavy atom. The Bertz CT molecular complexity index is 221. The number of halogens is 1. The maximum Gasteiger partial charge on any atom is 0.193 e. The molecule has 0 aromatic carbocycles. The second kappa shape index (κ2) is 9.90. The molecule has 6 heteroatoms. The van der Waals surface area contributed by atoms with E-state index in [-0.39, 0.29) is 24.0 Å². The summed E-state index contributed by atoms with van der Waals surface area (Å²) >= 11 is 0. The van der Waals surface area contributed by atoms with Gasteiger partial charge in [0.25, 0.3) is 0 Å². The molecule has 0 radical (unpaired) electrons. The highest BCUT2D eigenvalue weighted by atomic mass is 127. The van der Waals surface area contributed by atoms with Crippen molar-refractivity contribution < 1.29 is 9.47 Å². The molecule has 1 N–H and O–H groups in total. The third-order valence-electron chi connectivity index (χ3n) is 2.72. The first kappa shape index (κ1) is 16.9. The number of guanidine groups is 1. The fourth-order valence-electron chi connectivity index (χ4n) is 1.85. The summed E-state index contributed by atoms with van der Waals surface area (Å²) in [4.78, 5) is 6.38. The van der Waals surface area contributed by atoms with Gasteiger partial charge in [0.05, 0.1) is 13.2 Å². The predicted octanol–water partition coefficient (Wildman–Crippen LogP) is 0.794. The van der Waals surface area contributed by atoms with Crippen molar-refractivity contribution in [3.63, 3.8) is 0 Å². The van der Waals surface area contributed by atoms with Crippen LogP contribution in [0.4, 0.5) is 0 Å². The van der Waals surface area contributed by atoms with Crippen molar-refractivity contribution >= 4 is 29.9 Å². The highest BCUT2D eigenvalue weighted by molar-refractivity contribution is 14.0. The lowest BCUT2D eigenvalue weighted by molar-refractivity contribution is 0.180. The van der Waals surface area contributed by atoms with E-state index in [1.54, 1.807) is 14.2 Å². The second-order valence-corrected chi connectivity index (χ2v) is 4.08. The lowest BCUT2D eigenvalue weighted by Gasteiger charge is -2.24. The number of aliphatic imine (C=N–C) groups is 1. The van der Waals surface area contributed by atoms with Crippen LogP contribution in [0.15, 0.2) is 4.99 Å². The van der Waals surface area contributed by atoms with Crippen molar-refractivity contribution in [2.24, 2.45) is 10.9 Å². The lowest BCUT2D eigenvalue weighted by Crippen LogP contribution is -2.42. The molecule has 0 aromatic heterocycles. The Morgan fingerprint density at radius 2 is 2.35 bits per heavy atom. The quantitative estimate of drug-likeness (QED) is 0.342. The largest absolute Gasteiger partial charge is 0.383 e. The number of hydrogen-bond acceptors (Lipinski definition) is 3. The maximum absolute atomic E-state index is 5.36. The Morgan fingerprint density at radius 3 is 2.88 bits per heavy atom. The SMILES string of the molecule is CN=C(NCCOC)N(C)CC1CCOC1.I. The van der Waals surface area contributed by atoms with Crippen LogP contribution >= 0.6 is 24.0 Å². The van der Waals surface area contributed by atoms with Crippen LogP contribution < -0.4 is 5.32 Å². The van der Waals surface area contributed by atoms with Crippen molar-refractivity contribution in [1.82, 2.24) is 10.2 Å². The molecule has 0 spiro atoms. The van der Waals surface area contributed by atoms with Gasteiger partial charge in [-0.25, -0.2) is 0 Å². The van der Waals surface area contributed by atoms with Crippen LogP contribution in [0.5, 0.6) is 0 Å². The molecule has 1 rings (SSSR count). The van der Waals surface area contributed by atoms with E-state index < -0.39 is 0 Å². The fourth-order valence-corrected chi connectivity index (χ4v) is 1.85. The number of methoxy groups -OCH3 is 1. The van der Waals surface area contributed by atoms with Crippen LogP contribution in [0.1, 0.15) is 6.42 Å². The average molecular weight is 357 g/mol. The van der Waals surface area contributed by atoms with Gasteiger partial charge >= 0.3 is 0 Å². The van der Waals surface area contributed by atoms with Gasteiger partial charge in [0.1, 0.15) is 0 Å². The molecule has 102 valence electrons. The first-order valence-corrected chi connectivity index (χ1v) is 5.76. The molecule has 5 nitrogen and oxygen atoms in total. The number of ether oxygens (including phenoxy) is 2. The topological polar surface area (TPSA) is 46.1 Å². The molecule has 0 aliphatic carbocycles. The molecule has 0 bridgehead atoms. The van der Waals surface area contributed by atoms with E-state index in [4.69, 9.17) is 9.47 Å². The van der Waals surface area contributed by atoms with E-state index in [1.165, 1.54) is 0 Å². The molecule has 0 amide bonds. The molecular weight excluding hydrogens is 333 g/mol. The Kier molecular flexibility index (Phi) is 9.85. The van der Waals surface area contributed by atoms with Crippen molar-refractivity contribution in [1.29, 1.82) is 0 Å². The molecule has 1 aliphatic rings. The number of nitrogens with zero attached hydrogens (tertiary/aromatic N) is 2. The van der Waals surface area contributed by atoms with E-state index in [1.807, 2.05) is 0 Å². The van der Waals surface area contributed by atoms with E-state index in [2.05, 4.69) is 22.3 Å². The highest BCUT2D eigenvalue weighted by Crippen LogP contribution is 2.12. The van der Waals surface area contributed by atoms with Crippen LogP contribution in [0.2, 0.25) is 0 Å². The first-order chi connectivity index (χ1) is 7.77. The van der Waals surface area contributed by atoms with Crippen molar-refractivity contribution in [3.05, 3.63) is 0 Å². The number of rotatable bonds is 5. The van der Waals surface area contributed by atoms with Crippen molar-refractivity contribution in [2.75, 3.05) is 54.1 Å². The van der Waals surface area contributed by atoms with Gasteiger partial charge in [-0.2, -0.15) is 0 Å².